The molecule has 2 heterocycles. The lowest BCUT2D eigenvalue weighted by atomic mass is 10.3. The van der Waals surface area contributed by atoms with Crippen LogP contribution in [0.3, 0.4) is 0 Å². The van der Waals surface area contributed by atoms with E-state index in [1.165, 1.54) is 0 Å². The number of nitrogens with zero attached hydrogens (tertiary/aromatic N) is 3. The summed E-state index contributed by atoms with van der Waals surface area (Å²) in [4.78, 5) is 1.81. The van der Waals surface area contributed by atoms with Gasteiger partial charge in [0.1, 0.15) is 0 Å². The fourth-order valence-electron chi connectivity index (χ4n) is 1.27. The van der Waals surface area contributed by atoms with Crippen LogP contribution in [0.15, 0.2) is 4.42 Å². The predicted octanol–water partition coefficient (Wildman–Crippen LogP) is -0.777. The molecule has 1 unspecified atom stereocenters. The first-order valence-corrected chi connectivity index (χ1v) is 3.77. The standard InChI is InChI=1S/C6H10N4O2/c7-5-8-9-6(12-5)10-2-1-4(11)3-10/h4,11H,1-3H2,(H2,7,8). The Morgan fingerprint density at radius 3 is 2.92 bits per heavy atom. The van der Waals surface area contributed by atoms with Crippen molar-refractivity contribution in [2.24, 2.45) is 0 Å². The number of hydrogen-bond donors (Lipinski definition) is 2. The quantitative estimate of drug-likeness (QED) is 0.575. The minimum atomic E-state index is -0.293. The molecule has 1 aliphatic heterocycles. The number of anilines is 2. The molecule has 6 heteroatoms. The third-order valence-corrected chi connectivity index (χ3v) is 1.86. The zero-order valence-corrected chi connectivity index (χ0v) is 6.47. The lowest BCUT2D eigenvalue weighted by Gasteiger charge is -2.09. The van der Waals surface area contributed by atoms with Crippen molar-refractivity contribution in [2.45, 2.75) is 12.5 Å². The molecule has 1 aromatic rings. The van der Waals surface area contributed by atoms with Gasteiger partial charge in [-0.05, 0) is 6.42 Å². The molecule has 0 bridgehead atoms. The van der Waals surface area contributed by atoms with Gasteiger partial charge in [-0.3, -0.25) is 0 Å². The van der Waals surface area contributed by atoms with E-state index in [-0.39, 0.29) is 12.1 Å². The molecule has 0 saturated carbocycles. The Labute approximate surface area is 69.0 Å². The van der Waals surface area contributed by atoms with Crippen LogP contribution >= 0.6 is 0 Å². The SMILES string of the molecule is Nc1nnc(N2CCC(O)C2)o1. The highest BCUT2D eigenvalue weighted by molar-refractivity contribution is 5.29. The van der Waals surface area contributed by atoms with Crippen LogP contribution in [-0.4, -0.2) is 34.5 Å². The molecule has 1 fully saturated rings. The fraction of sp³-hybridized carbons (Fsp3) is 0.667. The van der Waals surface area contributed by atoms with Gasteiger partial charge in [-0.1, -0.05) is 10.2 Å². The molecular formula is C6H10N4O2. The zero-order chi connectivity index (χ0) is 8.55. The maximum atomic E-state index is 9.20. The summed E-state index contributed by atoms with van der Waals surface area (Å²) >= 11 is 0. The molecule has 1 aliphatic rings. The van der Waals surface area contributed by atoms with Gasteiger partial charge in [0.2, 0.25) is 0 Å². The minimum Gasteiger partial charge on any atom is -0.391 e. The van der Waals surface area contributed by atoms with Crippen LogP contribution in [0.1, 0.15) is 6.42 Å². The maximum absolute atomic E-state index is 9.20. The third-order valence-electron chi connectivity index (χ3n) is 1.86. The van der Waals surface area contributed by atoms with E-state index in [4.69, 9.17) is 10.2 Å². The van der Waals surface area contributed by atoms with Crippen molar-refractivity contribution < 1.29 is 9.52 Å². The lowest BCUT2D eigenvalue weighted by Crippen LogP contribution is -2.21. The van der Waals surface area contributed by atoms with Gasteiger partial charge in [-0.25, -0.2) is 0 Å². The summed E-state index contributed by atoms with van der Waals surface area (Å²) in [6, 6.07) is 0.454. The number of nitrogen functional groups attached to an aromatic ring is 1. The predicted molar refractivity (Wildman–Crippen MR) is 41.5 cm³/mol. The van der Waals surface area contributed by atoms with Crippen LogP contribution < -0.4 is 10.6 Å². The first-order chi connectivity index (χ1) is 5.75. The Kier molecular flexibility index (Phi) is 1.61. The fourth-order valence-corrected chi connectivity index (χ4v) is 1.27. The molecule has 1 atom stereocenters. The van der Waals surface area contributed by atoms with Gasteiger partial charge in [0.25, 0.3) is 0 Å². The van der Waals surface area contributed by atoms with E-state index >= 15 is 0 Å². The maximum Gasteiger partial charge on any atom is 0.319 e. The summed E-state index contributed by atoms with van der Waals surface area (Å²) in [5.41, 5.74) is 5.25. The highest BCUT2D eigenvalue weighted by Gasteiger charge is 2.23. The van der Waals surface area contributed by atoms with Gasteiger partial charge >= 0.3 is 12.0 Å². The summed E-state index contributed by atoms with van der Waals surface area (Å²) in [5, 5.41) is 16.4. The van der Waals surface area contributed by atoms with Crippen molar-refractivity contribution in [3.05, 3.63) is 0 Å². The number of nitrogens with two attached hydrogens (primary N) is 1. The number of hydrogen-bond acceptors (Lipinski definition) is 6. The Hall–Kier alpha value is -1.30. The summed E-state index contributed by atoms with van der Waals surface area (Å²) in [5.74, 6) is 0. The molecule has 3 N–H and O–H groups in total. The van der Waals surface area contributed by atoms with Crippen LogP contribution in [0.4, 0.5) is 12.0 Å². The Balaban J connectivity index is 2.11. The van der Waals surface area contributed by atoms with Crippen molar-refractivity contribution in [2.75, 3.05) is 23.7 Å². The molecule has 2 rings (SSSR count). The first kappa shape index (κ1) is 7.35. The number of aromatic nitrogens is 2. The smallest absolute Gasteiger partial charge is 0.319 e. The van der Waals surface area contributed by atoms with Gasteiger partial charge in [-0.2, -0.15) is 0 Å². The molecular weight excluding hydrogens is 160 g/mol. The molecule has 1 aromatic heterocycles. The highest BCUT2D eigenvalue weighted by atomic mass is 16.4. The average Bonchev–Trinajstić information content (AvgIpc) is 2.58. The van der Waals surface area contributed by atoms with Gasteiger partial charge in [0.05, 0.1) is 6.10 Å². The monoisotopic (exact) mass is 170 g/mol. The molecule has 0 aliphatic carbocycles. The number of aliphatic hydroxyl groups excluding tert-OH is 1. The van der Waals surface area contributed by atoms with Gasteiger partial charge in [0, 0.05) is 13.1 Å². The third kappa shape index (κ3) is 1.20. The second kappa shape index (κ2) is 2.63. The van der Waals surface area contributed by atoms with Crippen LogP contribution in [-0.2, 0) is 0 Å². The number of rotatable bonds is 1. The van der Waals surface area contributed by atoms with Crippen molar-refractivity contribution in [1.29, 1.82) is 0 Å². The van der Waals surface area contributed by atoms with Crippen LogP contribution in [0.25, 0.3) is 0 Å². The molecule has 1 saturated heterocycles. The topological polar surface area (TPSA) is 88.4 Å². The second-order valence-electron chi connectivity index (χ2n) is 2.81. The van der Waals surface area contributed by atoms with Crippen molar-refractivity contribution in [3.8, 4) is 0 Å². The van der Waals surface area contributed by atoms with E-state index < -0.39 is 0 Å². The lowest BCUT2D eigenvalue weighted by molar-refractivity contribution is 0.198. The summed E-state index contributed by atoms with van der Waals surface area (Å²) < 4.78 is 4.99. The Bertz CT molecular complexity index is 274. The molecule has 0 amide bonds. The zero-order valence-electron chi connectivity index (χ0n) is 6.47. The molecule has 0 spiro atoms. The second-order valence-corrected chi connectivity index (χ2v) is 2.81. The van der Waals surface area contributed by atoms with E-state index in [1.54, 1.807) is 0 Å². The number of aliphatic hydroxyl groups is 1. The largest absolute Gasteiger partial charge is 0.391 e. The molecule has 0 aromatic carbocycles. The highest BCUT2D eigenvalue weighted by Crippen LogP contribution is 2.18. The van der Waals surface area contributed by atoms with Crippen LogP contribution in [0, 0.1) is 0 Å². The molecule has 66 valence electrons. The summed E-state index contributed by atoms with van der Waals surface area (Å²) in [6.45, 7) is 1.28. The van der Waals surface area contributed by atoms with Crippen molar-refractivity contribution in [3.63, 3.8) is 0 Å². The first-order valence-electron chi connectivity index (χ1n) is 3.77. The van der Waals surface area contributed by atoms with E-state index in [1.807, 2.05) is 4.90 Å². The van der Waals surface area contributed by atoms with Crippen molar-refractivity contribution in [1.82, 2.24) is 10.2 Å². The van der Waals surface area contributed by atoms with Gasteiger partial charge < -0.3 is 20.2 Å². The van der Waals surface area contributed by atoms with E-state index in [0.717, 1.165) is 13.0 Å². The van der Waals surface area contributed by atoms with Gasteiger partial charge in [-0.15, -0.1) is 0 Å². The van der Waals surface area contributed by atoms with Crippen LogP contribution in [0.5, 0.6) is 0 Å². The van der Waals surface area contributed by atoms with E-state index in [2.05, 4.69) is 10.2 Å². The Morgan fingerprint density at radius 1 is 1.58 bits per heavy atom. The van der Waals surface area contributed by atoms with E-state index in [0.29, 0.717) is 12.6 Å². The summed E-state index contributed by atoms with van der Waals surface area (Å²) in [6.07, 6.45) is 0.445. The van der Waals surface area contributed by atoms with Crippen molar-refractivity contribution >= 4 is 12.0 Å². The normalized spacial score (nSPS) is 23.4. The van der Waals surface area contributed by atoms with Gasteiger partial charge in [0.15, 0.2) is 0 Å². The molecule has 6 nitrogen and oxygen atoms in total. The Morgan fingerprint density at radius 2 is 2.42 bits per heavy atom. The van der Waals surface area contributed by atoms with Crippen LogP contribution in [0.2, 0.25) is 0 Å². The number of β-amino-alcohol motifs (C(OH)–C–C–N with tert-alkyl or cyclic N) is 1. The average molecular weight is 170 g/mol. The summed E-state index contributed by atoms with van der Waals surface area (Å²) in [7, 11) is 0. The minimum absolute atomic E-state index is 0.0615. The van der Waals surface area contributed by atoms with E-state index in [9.17, 15) is 5.11 Å². The molecule has 12 heavy (non-hydrogen) atoms. The molecule has 0 radical (unpaired) electrons.